The van der Waals surface area contributed by atoms with Gasteiger partial charge in [0, 0.05) is 13.1 Å². The molecule has 0 saturated heterocycles. The van der Waals surface area contributed by atoms with Crippen LogP contribution in [0.1, 0.15) is 18.4 Å². The second kappa shape index (κ2) is 10.0. The van der Waals surface area contributed by atoms with E-state index in [1.165, 1.54) is 12.1 Å². The van der Waals surface area contributed by atoms with E-state index in [2.05, 4.69) is 15.5 Å². The lowest BCUT2D eigenvalue weighted by atomic mass is 10.2. The maximum absolute atomic E-state index is 12.9. The average molecular weight is 364 g/mol. The molecule has 0 heterocycles. The van der Waals surface area contributed by atoms with Crippen LogP contribution in [0.2, 0.25) is 5.02 Å². The van der Waals surface area contributed by atoms with Gasteiger partial charge in [-0.2, -0.15) is 0 Å². The number of nitrogens with one attached hydrogen (secondary N) is 2. The first-order valence-corrected chi connectivity index (χ1v) is 8.65. The van der Waals surface area contributed by atoms with Gasteiger partial charge in [0.25, 0.3) is 0 Å². The molecule has 0 aromatic heterocycles. The molecule has 2 aromatic carbocycles. The molecule has 0 unspecified atom stereocenters. The average Bonchev–Trinajstić information content (AvgIpc) is 2.59. The van der Waals surface area contributed by atoms with Crippen LogP contribution in [0, 0.1) is 5.82 Å². The zero-order valence-electron chi connectivity index (χ0n) is 14.3. The first-order valence-electron chi connectivity index (χ1n) is 8.27. The molecular weight excluding hydrogens is 341 g/mol. The molecule has 2 amide bonds. The predicted octanol–water partition coefficient (Wildman–Crippen LogP) is 4.51. The minimum Gasteiger partial charge on any atom is -0.338 e. The Kier molecular flexibility index (Phi) is 7.70. The third-order valence-corrected chi connectivity index (χ3v) is 4.07. The lowest BCUT2D eigenvalue weighted by molar-refractivity contribution is 0.251. The SMILES string of the molecule is CN(CCCCNC(=O)Nc1ccccc1Cl)Cc1ccc(F)cc1. The molecule has 6 heteroatoms. The van der Waals surface area contributed by atoms with Gasteiger partial charge < -0.3 is 15.5 Å². The molecule has 0 saturated carbocycles. The number of halogens is 2. The van der Waals surface area contributed by atoms with Crippen LogP contribution in [0.15, 0.2) is 48.5 Å². The van der Waals surface area contributed by atoms with Gasteiger partial charge in [-0.25, -0.2) is 9.18 Å². The summed E-state index contributed by atoms with van der Waals surface area (Å²) >= 11 is 5.99. The van der Waals surface area contributed by atoms with Crippen LogP contribution in [-0.2, 0) is 6.54 Å². The summed E-state index contributed by atoms with van der Waals surface area (Å²) in [4.78, 5) is 14.0. The quantitative estimate of drug-likeness (QED) is 0.677. The van der Waals surface area contributed by atoms with Gasteiger partial charge in [-0.05, 0) is 56.3 Å². The fraction of sp³-hybridized carbons (Fsp3) is 0.316. The summed E-state index contributed by atoms with van der Waals surface area (Å²) < 4.78 is 12.9. The van der Waals surface area contributed by atoms with E-state index in [4.69, 9.17) is 11.6 Å². The number of urea groups is 1. The monoisotopic (exact) mass is 363 g/mol. The topological polar surface area (TPSA) is 44.4 Å². The van der Waals surface area contributed by atoms with Crippen molar-refractivity contribution in [3.05, 3.63) is 64.9 Å². The van der Waals surface area contributed by atoms with Crippen molar-refractivity contribution in [1.82, 2.24) is 10.2 Å². The molecule has 0 fully saturated rings. The first kappa shape index (κ1) is 19.2. The van der Waals surface area contributed by atoms with Gasteiger partial charge in [0.1, 0.15) is 5.82 Å². The zero-order chi connectivity index (χ0) is 18.1. The Bertz CT molecular complexity index is 679. The van der Waals surface area contributed by atoms with Gasteiger partial charge >= 0.3 is 6.03 Å². The van der Waals surface area contributed by atoms with E-state index in [1.807, 2.05) is 19.2 Å². The summed E-state index contributed by atoms with van der Waals surface area (Å²) in [6, 6.07) is 13.4. The number of hydrogen-bond acceptors (Lipinski definition) is 2. The number of amides is 2. The highest BCUT2D eigenvalue weighted by atomic mass is 35.5. The van der Waals surface area contributed by atoms with Crippen molar-refractivity contribution >= 4 is 23.3 Å². The van der Waals surface area contributed by atoms with Crippen LogP contribution in [0.25, 0.3) is 0 Å². The zero-order valence-corrected chi connectivity index (χ0v) is 15.0. The second-order valence-electron chi connectivity index (χ2n) is 5.93. The van der Waals surface area contributed by atoms with Crippen LogP contribution in [0.3, 0.4) is 0 Å². The molecule has 0 aliphatic heterocycles. The van der Waals surface area contributed by atoms with Gasteiger partial charge in [-0.15, -0.1) is 0 Å². The Morgan fingerprint density at radius 3 is 2.56 bits per heavy atom. The number of nitrogens with zero attached hydrogens (tertiary/aromatic N) is 1. The van der Waals surface area contributed by atoms with Gasteiger partial charge in [0.05, 0.1) is 10.7 Å². The molecule has 0 aliphatic rings. The van der Waals surface area contributed by atoms with E-state index < -0.39 is 0 Å². The van der Waals surface area contributed by atoms with Crippen molar-refractivity contribution < 1.29 is 9.18 Å². The lowest BCUT2D eigenvalue weighted by Crippen LogP contribution is -2.30. The summed E-state index contributed by atoms with van der Waals surface area (Å²) in [6.07, 6.45) is 1.84. The molecule has 0 atom stereocenters. The lowest BCUT2D eigenvalue weighted by Gasteiger charge is -2.16. The normalized spacial score (nSPS) is 10.7. The number of hydrogen-bond donors (Lipinski definition) is 2. The molecule has 4 nitrogen and oxygen atoms in total. The molecule has 0 bridgehead atoms. The number of rotatable bonds is 8. The summed E-state index contributed by atoms with van der Waals surface area (Å²) in [7, 11) is 2.03. The van der Waals surface area contributed by atoms with E-state index in [9.17, 15) is 9.18 Å². The molecule has 134 valence electrons. The van der Waals surface area contributed by atoms with Gasteiger partial charge in [0.15, 0.2) is 0 Å². The maximum Gasteiger partial charge on any atom is 0.319 e. The third kappa shape index (κ3) is 7.11. The fourth-order valence-electron chi connectivity index (χ4n) is 2.42. The number of anilines is 1. The van der Waals surface area contributed by atoms with Crippen molar-refractivity contribution in [3.8, 4) is 0 Å². The molecule has 2 aromatic rings. The fourth-order valence-corrected chi connectivity index (χ4v) is 2.60. The molecule has 0 aliphatic carbocycles. The minimum atomic E-state index is -0.257. The van der Waals surface area contributed by atoms with Crippen LogP contribution in [-0.4, -0.2) is 31.1 Å². The highest BCUT2D eigenvalue weighted by molar-refractivity contribution is 6.33. The Labute approximate surface area is 153 Å². The van der Waals surface area contributed by atoms with E-state index in [1.54, 1.807) is 24.3 Å². The Hall–Kier alpha value is -2.11. The number of unbranched alkanes of at least 4 members (excludes halogenated alkanes) is 1. The number of benzene rings is 2. The largest absolute Gasteiger partial charge is 0.338 e. The Morgan fingerprint density at radius 2 is 1.84 bits per heavy atom. The number of para-hydroxylation sites is 1. The van der Waals surface area contributed by atoms with Crippen LogP contribution < -0.4 is 10.6 Å². The summed E-state index contributed by atoms with van der Waals surface area (Å²) in [5, 5.41) is 6.06. The summed E-state index contributed by atoms with van der Waals surface area (Å²) in [6.45, 7) is 2.28. The highest BCUT2D eigenvalue weighted by Crippen LogP contribution is 2.19. The van der Waals surface area contributed by atoms with Gasteiger partial charge in [-0.3, -0.25) is 0 Å². The van der Waals surface area contributed by atoms with Crippen molar-refractivity contribution in [2.45, 2.75) is 19.4 Å². The van der Waals surface area contributed by atoms with Crippen LogP contribution in [0.4, 0.5) is 14.9 Å². The predicted molar refractivity (Wildman–Crippen MR) is 100 cm³/mol. The van der Waals surface area contributed by atoms with E-state index in [0.29, 0.717) is 17.3 Å². The Balaban J connectivity index is 1.58. The van der Waals surface area contributed by atoms with Crippen molar-refractivity contribution in [1.29, 1.82) is 0 Å². The first-order chi connectivity index (χ1) is 12.0. The number of carbonyl (C=O) groups excluding carboxylic acids is 1. The van der Waals surface area contributed by atoms with E-state index in [0.717, 1.165) is 31.5 Å². The maximum atomic E-state index is 12.9. The van der Waals surface area contributed by atoms with Gasteiger partial charge in [0.2, 0.25) is 0 Å². The molecular formula is C19H23ClFN3O. The standard InChI is InChI=1S/C19H23ClFN3O/c1-24(14-15-8-10-16(21)11-9-15)13-5-4-12-22-19(25)23-18-7-3-2-6-17(18)20/h2-3,6-11H,4-5,12-14H2,1H3,(H2,22,23,25). The highest BCUT2D eigenvalue weighted by Gasteiger charge is 2.04. The van der Waals surface area contributed by atoms with Crippen molar-refractivity contribution in [2.24, 2.45) is 0 Å². The summed E-state index contributed by atoms with van der Waals surface area (Å²) in [5.74, 6) is -0.215. The van der Waals surface area contributed by atoms with E-state index >= 15 is 0 Å². The molecule has 25 heavy (non-hydrogen) atoms. The number of carbonyl (C=O) groups is 1. The molecule has 2 N–H and O–H groups in total. The van der Waals surface area contributed by atoms with Crippen LogP contribution in [0.5, 0.6) is 0 Å². The second-order valence-corrected chi connectivity index (χ2v) is 6.34. The summed E-state index contributed by atoms with van der Waals surface area (Å²) in [5.41, 5.74) is 1.68. The minimum absolute atomic E-state index is 0.215. The molecule has 2 rings (SSSR count). The van der Waals surface area contributed by atoms with Crippen molar-refractivity contribution in [2.75, 3.05) is 25.5 Å². The van der Waals surface area contributed by atoms with E-state index in [-0.39, 0.29) is 11.8 Å². The van der Waals surface area contributed by atoms with Gasteiger partial charge in [-0.1, -0.05) is 35.9 Å². The van der Waals surface area contributed by atoms with Crippen molar-refractivity contribution in [3.63, 3.8) is 0 Å². The molecule has 0 radical (unpaired) electrons. The van der Waals surface area contributed by atoms with Crippen LogP contribution >= 0.6 is 11.6 Å². The third-order valence-electron chi connectivity index (χ3n) is 3.74. The molecule has 0 spiro atoms. The smallest absolute Gasteiger partial charge is 0.319 e. The Morgan fingerprint density at radius 1 is 1.12 bits per heavy atom.